The number of aliphatic carboxylic acids is 1. The van der Waals surface area contributed by atoms with Gasteiger partial charge in [-0.05, 0) is 11.6 Å². The lowest BCUT2D eigenvalue weighted by atomic mass is 10.0. The molecule has 6 nitrogen and oxygen atoms in total. The van der Waals surface area contributed by atoms with Crippen molar-refractivity contribution >= 4 is 11.9 Å². The van der Waals surface area contributed by atoms with Gasteiger partial charge in [0.15, 0.2) is 0 Å². The highest BCUT2D eigenvalue weighted by molar-refractivity contribution is 5.95. The molecule has 1 aromatic heterocycles. The molecule has 0 aliphatic heterocycles. The summed E-state index contributed by atoms with van der Waals surface area (Å²) in [6.45, 7) is 0. The van der Waals surface area contributed by atoms with E-state index in [2.05, 4.69) is 5.10 Å². The van der Waals surface area contributed by atoms with Crippen LogP contribution >= 0.6 is 0 Å². The zero-order chi connectivity index (χ0) is 15.4. The zero-order valence-electron chi connectivity index (χ0n) is 11.9. The van der Waals surface area contributed by atoms with Crippen molar-refractivity contribution in [2.75, 3.05) is 7.05 Å². The number of carbonyl (C=O) groups excluding carboxylic acids is 1. The highest BCUT2D eigenvalue weighted by Crippen LogP contribution is 2.11. The number of hydrogen-bond donors (Lipinski definition) is 1. The van der Waals surface area contributed by atoms with Crippen molar-refractivity contribution in [2.45, 2.75) is 12.5 Å². The van der Waals surface area contributed by atoms with Gasteiger partial charge < -0.3 is 10.0 Å². The number of aromatic nitrogens is 2. The Hall–Kier alpha value is -2.63. The predicted molar refractivity (Wildman–Crippen MR) is 76.9 cm³/mol. The van der Waals surface area contributed by atoms with Gasteiger partial charge in [0.05, 0.1) is 0 Å². The Morgan fingerprint density at radius 3 is 2.48 bits per heavy atom. The van der Waals surface area contributed by atoms with Crippen LogP contribution in [-0.4, -0.2) is 44.8 Å². The van der Waals surface area contributed by atoms with Crippen molar-refractivity contribution in [2.24, 2.45) is 7.05 Å². The van der Waals surface area contributed by atoms with E-state index < -0.39 is 12.0 Å². The Balaban J connectivity index is 2.20. The van der Waals surface area contributed by atoms with Crippen molar-refractivity contribution in [1.29, 1.82) is 0 Å². The van der Waals surface area contributed by atoms with Gasteiger partial charge >= 0.3 is 5.97 Å². The van der Waals surface area contributed by atoms with Crippen molar-refractivity contribution in [1.82, 2.24) is 14.7 Å². The SMILES string of the molecule is CN(C(=O)c1ccnn1C)C(Cc1ccccc1)C(=O)O. The summed E-state index contributed by atoms with van der Waals surface area (Å²) < 4.78 is 1.43. The molecule has 0 saturated heterocycles. The van der Waals surface area contributed by atoms with Crippen molar-refractivity contribution < 1.29 is 14.7 Å². The third-order valence-electron chi connectivity index (χ3n) is 3.38. The Bertz CT molecular complexity index is 637. The summed E-state index contributed by atoms with van der Waals surface area (Å²) in [4.78, 5) is 25.1. The van der Waals surface area contributed by atoms with Crippen molar-refractivity contribution in [3.63, 3.8) is 0 Å². The molecule has 0 saturated carbocycles. The molecule has 21 heavy (non-hydrogen) atoms. The van der Waals surface area contributed by atoms with Gasteiger partial charge in [-0.15, -0.1) is 0 Å². The fourth-order valence-electron chi connectivity index (χ4n) is 2.13. The monoisotopic (exact) mass is 287 g/mol. The number of benzene rings is 1. The van der Waals surface area contributed by atoms with Crippen LogP contribution in [0, 0.1) is 0 Å². The van der Waals surface area contributed by atoms with Gasteiger partial charge in [0, 0.05) is 26.7 Å². The summed E-state index contributed by atoms with van der Waals surface area (Å²) in [7, 11) is 3.14. The first kappa shape index (κ1) is 14.8. The van der Waals surface area contributed by atoms with Crippen LogP contribution in [-0.2, 0) is 18.3 Å². The Morgan fingerprint density at radius 1 is 1.29 bits per heavy atom. The van der Waals surface area contributed by atoms with Crippen LogP contribution < -0.4 is 0 Å². The third kappa shape index (κ3) is 3.28. The standard InChI is InChI=1S/C15H17N3O3/c1-17(14(19)12-8-9-16-18(12)2)13(15(20)21)10-11-6-4-3-5-7-11/h3-9,13H,10H2,1-2H3,(H,20,21). The Kier molecular flexibility index (Phi) is 4.37. The normalized spacial score (nSPS) is 11.9. The fourth-order valence-corrected chi connectivity index (χ4v) is 2.13. The second kappa shape index (κ2) is 6.21. The number of carboxylic acids is 1. The summed E-state index contributed by atoms with van der Waals surface area (Å²) in [5.74, 6) is -1.39. The van der Waals surface area contributed by atoms with E-state index in [9.17, 15) is 14.7 Å². The summed E-state index contributed by atoms with van der Waals surface area (Å²) in [6.07, 6.45) is 1.77. The third-order valence-corrected chi connectivity index (χ3v) is 3.38. The number of carbonyl (C=O) groups is 2. The Morgan fingerprint density at radius 2 is 1.95 bits per heavy atom. The molecule has 0 radical (unpaired) electrons. The van der Waals surface area contributed by atoms with Crippen LogP contribution in [0.3, 0.4) is 0 Å². The zero-order valence-corrected chi connectivity index (χ0v) is 11.9. The van der Waals surface area contributed by atoms with E-state index in [0.717, 1.165) is 5.56 Å². The summed E-state index contributed by atoms with van der Waals surface area (Å²) in [6, 6.07) is 9.89. The van der Waals surface area contributed by atoms with Crippen molar-refractivity contribution in [3.8, 4) is 0 Å². The molecule has 1 atom stereocenters. The maximum absolute atomic E-state index is 12.4. The topological polar surface area (TPSA) is 75.4 Å². The fraction of sp³-hybridized carbons (Fsp3) is 0.267. The number of rotatable bonds is 5. The quantitative estimate of drug-likeness (QED) is 0.896. The molecule has 2 rings (SSSR count). The van der Waals surface area contributed by atoms with Gasteiger partial charge in [-0.1, -0.05) is 30.3 Å². The molecule has 0 bridgehead atoms. The average molecular weight is 287 g/mol. The molecule has 110 valence electrons. The largest absolute Gasteiger partial charge is 0.480 e. The van der Waals surface area contributed by atoms with E-state index >= 15 is 0 Å². The molecule has 1 aromatic carbocycles. The number of aryl methyl sites for hydroxylation is 1. The maximum atomic E-state index is 12.4. The van der Waals surface area contributed by atoms with Gasteiger partial charge in [-0.25, -0.2) is 4.79 Å². The van der Waals surface area contributed by atoms with Crippen LogP contribution in [0.2, 0.25) is 0 Å². The van der Waals surface area contributed by atoms with Crippen LogP contribution in [0.1, 0.15) is 16.1 Å². The molecule has 0 aliphatic carbocycles. The highest BCUT2D eigenvalue weighted by atomic mass is 16.4. The van der Waals surface area contributed by atoms with Gasteiger partial charge in [0.25, 0.3) is 5.91 Å². The lowest BCUT2D eigenvalue weighted by Crippen LogP contribution is -2.44. The van der Waals surface area contributed by atoms with Gasteiger partial charge in [-0.3, -0.25) is 9.48 Å². The number of likely N-dealkylation sites (N-methyl/N-ethyl adjacent to an activating group) is 1. The van der Waals surface area contributed by atoms with Crippen molar-refractivity contribution in [3.05, 3.63) is 53.9 Å². The molecular weight excluding hydrogens is 270 g/mol. The van der Waals surface area contributed by atoms with E-state index in [1.807, 2.05) is 30.3 Å². The van der Waals surface area contributed by atoms with E-state index in [1.54, 1.807) is 13.1 Å². The van der Waals surface area contributed by atoms with Crippen LogP contribution in [0.15, 0.2) is 42.6 Å². The van der Waals surface area contributed by atoms with Crippen LogP contribution in [0.4, 0.5) is 0 Å². The second-order valence-corrected chi connectivity index (χ2v) is 4.80. The predicted octanol–water partition coefficient (Wildman–Crippen LogP) is 1.19. The first-order valence-electron chi connectivity index (χ1n) is 6.52. The highest BCUT2D eigenvalue weighted by Gasteiger charge is 2.28. The lowest BCUT2D eigenvalue weighted by Gasteiger charge is -2.25. The minimum Gasteiger partial charge on any atom is -0.480 e. The maximum Gasteiger partial charge on any atom is 0.326 e. The average Bonchev–Trinajstić information content (AvgIpc) is 2.90. The molecule has 0 aliphatic rings. The first-order valence-corrected chi connectivity index (χ1v) is 6.52. The molecule has 1 heterocycles. The smallest absolute Gasteiger partial charge is 0.326 e. The summed E-state index contributed by atoms with van der Waals surface area (Å²) >= 11 is 0. The molecule has 0 spiro atoms. The minimum atomic E-state index is -1.03. The molecule has 2 aromatic rings. The summed E-state index contributed by atoms with van der Waals surface area (Å²) in [5, 5.41) is 13.3. The number of amides is 1. The lowest BCUT2D eigenvalue weighted by molar-refractivity contribution is -0.141. The molecule has 1 amide bonds. The molecule has 1 N–H and O–H groups in total. The molecular formula is C15H17N3O3. The van der Waals surface area contributed by atoms with E-state index in [-0.39, 0.29) is 12.3 Å². The van der Waals surface area contributed by atoms with Crippen LogP contribution in [0.25, 0.3) is 0 Å². The van der Waals surface area contributed by atoms with Gasteiger partial charge in [0.1, 0.15) is 11.7 Å². The minimum absolute atomic E-state index is 0.260. The number of hydrogen-bond acceptors (Lipinski definition) is 3. The van der Waals surface area contributed by atoms with E-state index in [1.165, 1.54) is 22.8 Å². The molecule has 6 heteroatoms. The molecule has 0 fully saturated rings. The summed E-state index contributed by atoms with van der Waals surface area (Å²) in [5.41, 5.74) is 1.23. The second-order valence-electron chi connectivity index (χ2n) is 4.80. The molecule has 1 unspecified atom stereocenters. The number of nitrogens with zero attached hydrogens (tertiary/aromatic N) is 3. The van der Waals surface area contributed by atoms with Crippen LogP contribution in [0.5, 0.6) is 0 Å². The Labute approximate surface area is 122 Å². The van der Waals surface area contributed by atoms with Gasteiger partial charge in [0.2, 0.25) is 0 Å². The van der Waals surface area contributed by atoms with Gasteiger partial charge in [-0.2, -0.15) is 5.10 Å². The number of carboxylic acid groups (broad SMARTS) is 1. The van der Waals surface area contributed by atoms with E-state index in [0.29, 0.717) is 5.69 Å². The first-order chi connectivity index (χ1) is 10.0. The van der Waals surface area contributed by atoms with E-state index in [4.69, 9.17) is 0 Å².